The molecule has 12 heavy (non-hydrogen) atoms. The Morgan fingerprint density at radius 3 is 2.50 bits per heavy atom. The number of hydrogen-bond donors (Lipinski definition) is 1. The smallest absolute Gasteiger partial charge is 0.166 e. The van der Waals surface area contributed by atoms with Gasteiger partial charge in [-0.1, -0.05) is 0 Å². The minimum Gasteiger partial charge on any atom is -0.371 e. The highest BCUT2D eigenvalue weighted by atomic mass is 15.2. The van der Waals surface area contributed by atoms with Crippen LogP contribution in [-0.2, 0) is 0 Å². The van der Waals surface area contributed by atoms with E-state index < -0.39 is 0 Å². The van der Waals surface area contributed by atoms with Crippen LogP contribution in [0.3, 0.4) is 0 Å². The van der Waals surface area contributed by atoms with Crippen LogP contribution in [-0.4, -0.2) is 17.2 Å². The lowest BCUT2D eigenvalue weighted by atomic mass is 10.1. The van der Waals surface area contributed by atoms with Crippen molar-refractivity contribution in [3.8, 4) is 6.07 Å². The topological polar surface area (TPSA) is 61.6 Å². The maximum atomic E-state index is 8.80. The number of rotatable bonds is 1. The maximum Gasteiger partial charge on any atom is 0.166 e. The molecule has 0 bridgehead atoms. The molecule has 1 heterocycles. The highest BCUT2D eigenvalue weighted by Crippen LogP contribution is 2.15. The van der Waals surface area contributed by atoms with Crippen molar-refractivity contribution in [2.45, 2.75) is 13.8 Å². The number of nitrogens with zero attached hydrogens (tertiary/aromatic N) is 3. The van der Waals surface area contributed by atoms with Crippen LogP contribution in [0, 0.1) is 25.2 Å². The lowest BCUT2D eigenvalue weighted by Crippen LogP contribution is -2.02. The van der Waals surface area contributed by atoms with Gasteiger partial charge in [-0.15, -0.1) is 5.10 Å². The van der Waals surface area contributed by atoms with Gasteiger partial charge in [0, 0.05) is 7.05 Å². The minimum atomic E-state index is 0.542. The van der Waals surface area contributed by atoms with Crippen LogP contribution < -0.4 is 5.32 Å². The van der Waals surface area contributed by atoms with Crippen molar-refractivity contribution in [3.63, 3.8) is 0 Å². The minimum absolute atomic E-state index is 0.542. The molecule has 1 rings (SSSR count). The van der Waals surface area contributed by atoms with Gasteiger partial charge in [0.15, 0.2) is 5.82 Å². The van der Waals surface area contributed by atoms with E-state index in [1.807, 2.05) is 13.8 Å². The summed E-state index contributed by atoms with van der Waals surface area (Å²) in [5.41, 5.74) is 2.26. The van der Waals surface area contributed by atoms with Crippen molar-refractivity contribution in [1.82, 2.24) is 10.2 Å². The highest BCUT2D eigenvalue weighted by molar-refractivity contribution is 5.55. The number of aromatic nitrogens is 2. The number of aryl methyl sites for hydroxylation is 1. The van der Waals surface area contributed by atoms with Crippen molar-refractivity contribution in [2.75, 3.05) is 12.4 Å². The van der Waals surface area contributed by atoms with E-state index in [1.54, 1.807) is 7.05 Å². The molecule has 0 radical (unpaired) electrons. The van der Waals surface area contributed by atoms with Gasteiger partial charge in [-0.3, -0.25) is 0 Å². The van der Waals surface area contributed by atoms with E-state index >= 15 is 0 Å². The fourth-order valence-electron chi connectivity index (χ4n) is 0.920. The van der Waals surface area contributed by atoms with Crippen LogP contribution >= 0.6 is 0 Å². The van der Waals surface area contributed by atoms with Crippen molar-refractivity contribution < 1.29 is 0 Å². The quantitative estimate of drug-likeness (QED) is 0.669. The number of nitriles is 1. The fraction of sp³-hybridized carbons (Fsp3) is 0.375. The Morgan fingerprint density at radius 1 is 1.33 bits per heavy atom. The second kappa shape index (κ2) is 3.18. The Bertz CT molecular complexity index is 338. The van der Waals surface area contributed by atoms with Gasteiger partial charge in [-0.2, -0.15) is 10.4 Å². The SMILES string of the molecule is CNc1nnc(C)c(C)c1C#N. The average molecular weight is 162 g/mol. The van der Waals surface area contributed by atoms with Crippen LogP contribution in [0.1, 0.15) is 16.8 Å². The second-order valence-electron chi connectivity index (χ2n) is 2.50. The van der Waals surface area contributed by atoms with Crippen LogP contribution in [0.4, 0.5) is 5.82 Å². The average Bonchev–Trinajstić information content (AvgIpc) is 2.09. The van der Waals surface area contributed by atoms with Crippen LogP contribution in [0.2, 0.25) is 0 Å². The first-order valence-electron chi connectivity index (χ1n) is 3.62. The molecule has 0 fully saturated rings. The summed E-state index contributed by atoms with van der Waals surface area (Å²) in [4.78, 5) is 0. The summed E-state index contributed by atoms with van der Waals surface area (Å²) in [6.07, 6.45) is 0. The second-order valence-corrected chi connectivity index (χ2v) is 2.50. The summed E-state index contributed by atoms with van der Waals surface area (Å²) in [6.45, 7) is 3.70. The predicted octanol–water partition coefficient (Wildman–Crippen LogP) is 1.01. The third kappa shape index (κ3) is 1.21. The highest BCUT2D eigenvalue weighted by Gasteiger charge is 2.08. The van der Waals surface area contributed by atoms with Gasteiger partial charge in [-0.05, 0) is 19.4 Å². The number of hydrogen-bond acceptors (Lipinski definition) is 4. The molecule has 0 saturated heterocycles. The monoisotopic (exact) mass is 162 g/mol. The molecule has 0 atom stereocenters. The third-order valence-electron chi connectivity index (χ3n) is 1.80. The van der Waals surface area contributed by atoms with E-state index in [9.17, 15) is 0 Å². The van der Waals surface area contributed by atoms with E-state index in [1.165, 1.54) is 0 Å². The zero-order chi connectivity index (χ0) is 9.14. The standard InChI is InChI=1S/C8H10N4/c1-5-6(2)11-12-8(10-3)7(5)4-9/h1-3H3,(H,10,12). The summed E-state index contributed by atoms with van der Waals surface area (Å²) in [5, 5.41) is 19.4. The Kier molecular flexibility index (Phi) is 2.24. The van der Waals surface area contributed by atoms with Gasteiger partial charge >= 0.3 is 0 Å². The molecule has 62 valence electrons. The van der Waals surface area contributed by atoms with E-state index in [0.717, 1.165) is 11.3 Å². The molecule has 1 aromatic heterocycles. The summed E-state index contributed by atoms with van der Waals surface area (Å²) in [5.74, 6) is 0.542. The summed E-state index contributed by atoms with van der Waals surface area (Å²) in [7, 11) is 1.72. The zero-order valence-corrected chi connectivity index (χ0v) is 7.34. The van der Waals surface area contributed by atoms with Crippen LogP contribution in [0.15, 0.2) is 0 Å². The van der Waals surface area contributed by atoms with Crippen LogP contribution in [0.25, 0.3) is 0 Å². The molecule has 0 amide bonds. The van der Waals surface area contributed by atoms with E-state index in [4.69, 9.17) is 5.26 Å². The van der Waals surface area contributed by atoms with Gasteiger partial charge in [0.25, 0.3) is 0 Å². The zero-order valence-electron chi connectivity index (χ0n) is 7.34. The Hall–Kier alpha value is -1.63. The van der Waals surface area contributed by atoms with Crippen molar-refractivity contribution in [1.29, 1.82) is 5.26 Å². The van der Waals surface area contributed by atoms with Gasteiger partial charge in [0.05, 0.1) is 5.69 Å². The molecule has 0 unspecified atom stereocenters. The molecule has 0 saturated carbocycles. The summed E-state index contributed by atoms with van der Waals surface area (Å²) < 4.78 is 0. The van der Waals surface area contributed by atoms with Gasteiger partial charge in [-0.25, -0.2) is 0 Å². The molecule has 0 aromatic carbocycles. The third-order valence-corrected chi connectivity index (χ3v) is 1.80. The maximum absolute atomic E-state index is 8.80. The largest absolute Gasteiger partial charge is 0.371 e. The van der Waals surface area contributed by atoms with E-state index in [2.05, 4.69) is 21.6 Å². The molecule has 1 N–H and O–H groups in total. The van der Waals surface area contributed by atoms with Gasteiger partial charge in [0.2, 0.25) is 0 Å². The van der Waals surface area contributed by atoms with Gasteiger partial charge in [0.1, 0.15) is 11.6 Å². The Morgan fingerprint density at radius 2 is 2.00 bits per heavy atom. The fourth-order valence-corrected chi connectivity index (χ4v) is 0.920. The molecule has 0 spiro atoms. The Labute approximate surface area is 71.2 Å². The normalized spacial score (nSPS) is 9.17. The van der Waals surface area contributed by atoms with Crippen molar-refractivity contribution >= 4 is 5.82 Å². The van der Waals surface area contributed by atoms with Crippen LogP contribution in [0.5, 0.6) is 0 Å². The number of anilines is 1. The van der Waals surface area contributed by atoms with Crippen molar-refractivity contribution in [3.05, 3.63) is 16.8 Å². The van der Waals surface area contributed by atoms with E-state index in [-0.39, 0.29) is 0 Å². The molecule has 4 heteroatoms. The predicted molar refractivity (Wildman–Crippen MR) is 45.8 cm³/mol. The lowest BCUT2D eigenvalue weighted by Gasteiger charge is -2.04. The first-order valence-corrected chi connectivity index (χ1v) is 3.62. The number of nitrogens with one attached hydrogen (secondary N) is 1. The Balaban J connectivity index is 3.38. The molecule has 1 aromatic rings. The molecule has 0 aliphatic rings. The molecule has 4 nitrogen and oxygen atoms in total. The lowest BCUT2D eigenvalue weighted by molar-refractivity contribution is 0.957. The van der Waals surface area contributed by atoms with Gasteiger partial charge < -0.3 is 5.32 Å². The molecular weight excluding hydrogens is 152 g/mol. The molecule has 0 aliphatic heterocycles. The summed E-state index contributed by atoms with van der Waals surface area (Å²) >= 11 is 0. The van der Waals surface area contributed by atoms with Crippen molar-refractivity contribution in [2.24, 2.45) is 0 Å². The molecule has 0 aliphatic carbocycles. The molecular formula is C8H10N4. The summed E-state index contributed by atoms with van der Waals surface area (Å²) in [6, 6.07) is 2.09. The first-order chi connectivity index (χ1) is 5.70. The van der Waals surface area contributed by atoms with E-state index in [0.29, 0.717) is 11.4 Å². The first kappa shape index (κ1) is 8.47.